The minimum atomic E-state index is -0.999. The van der Waals surface area contributed by atoms with E-state index in [-0.39, 0.29) is 18.0 Å². The van der Waals surface area contributed by atoms with E-state index in [9.17, 15) is 15.0 Å². The van der Waals surface area contributed by atoms with Crippen LogP contribution in [0.2, 0.25) is 0 Å². The predicted octanol–water partition coefficient (Wildman–Crippen LogP) is 4.00. The monoisotopic (exact) mass is 520 g/mol. The van der Waals surface area contributed by atoms with Gasteiger partial charge >= 0.3 is 0 Å². The Hall–Kier alpha value is -3.88. The van der Waals surface area contributed by atoms with Crippen LogP contribution in [-0.4, -0.2) is 68.0 Å². The van der Waals surface area contributed by atoms with E-state index in [1.54, 1.807) is 23.4 Å². The summed E-state index contributed by atoms with van der Waals surface area (Å²) in [6, 6.07) is 31.5. The number of aliphatic hydroxyl groups is 2. The molecule has 198 valence electrons. The molecule has 1 fully saturated rings. The van der Waals surface area contributed by atoms with Crippen molar-refractivity contribution < 1.29 is 15.0 Å². The van der Waals surface area contributed by atoms with Gasteiger partial charge in [-0.1, -0.05) is 84.9 Å². The minimum absolute atomic E-state index is 0.0488. The highest BCUT2D eigenvalue weighted by Crippen LogP contribution is 2.36. The molecular formula is C32H32N4O3. The average Bonchev–Trinajstić information content (AvgIpc) is 3.24. The summed E-state index contributed by atoms with van der Waals surface area (Å²) in [4.78, 5) is 23.6. The topological polar surface area (TPSA) is 80.1 Å². The van der Waals surface area contributed by atoms with Gasteiger partial charge in [-0.15, -0.1) is 0 Å². The molecule has 3 aromatic carbocycles. The normalized spacial score (nSPS) is 20.8. The molecule has 2 aliphatic heterocycles. The Bertz CT molecular complexity index is 1360. The second-order valence-corrected chi connectivity index (χ2v) is 10.2. The zero-order valence-electron chi connectivity index (χ0n) is 21.6. The summed E-state index contributed by atoms with van der Waals surface area (Å²) in [6.07, 6.45) is 1.57. The first-order valence-electron chi connectivity index (χ1n) is 13.4. The SMILES string of the molecule is O=C1c2ccccc2C(O)N1CC1CN(C(O)c2cccnc2)CCN1C(c1ccccc1)c1ccccc1. The molecule has 0 radical (unpaired) electrons. The lowest BCUT2D eigenvalue weighted by Crippen LogP contribution is -2.58. The van der Waals surface area contributed by atoms with E-state index >= 15 is 0 Å². The van der Waals surface area contributed by atoms with Gasteiger partial charge in [-0.3, -0.25) is 19.6 Å². The number of rotatable bonds is 7. The Morgan fingerprint density at radius 1 is 0.821 bits per heavy atom. The molecular weight excluding hydrogens is 488 g/mol. The molecule has 2 N–H and O–H groups in total. The predicted molar refractivity (Wildman–Crippen MR) is 148 cm³/mol. The Balaban J connectivity index is 1.36. The summed E-state index contributed by atoms with van der Waals surface area (Å²) in [7, 11) is 0. The number of pyridine rings is 1. The van der Waals surface area contributed by atoms with Crippen LogP contribution in [-0.2, 0) is 0 Å². The smallest absolute Gasteiger partial charge is 0.256 e. The van der Waals surface area contributed by atoms with Crippen molar-refractivity contribution in [1.29, 1.82) is 0 Å². The lowest BCUT2D eigenvalue weighted by molar-refractivity contribution is -0.0675. The van der Waals surface area contributed by atoms with E-state index in [1.165, 1.54) is 0 Å². The number of hydrogen-bond acceptors (Lipinski definition) is 6. The summed E-state index contributed by atoms with van der Waals surface area (Å²) < 4.78 is 0. The third-order valence-corrected chi connectivity index (χ3v) is 7.88. The Morgan fingerprint density at radius 2 is 1.46 bits per heavy atom. The second-order valence-electron chi connectivity index (χ2n) is 10.2. The van der Waals surface area contributed by atoms with Crippen molar-refractivity contribution >= 4 is 5.91 Å². The number of amides is 1. The summed E-state index contributed by atoms with van der Waals surface area (Å²) in [5.74, 6) is -0.168. The van der Waals surface area contributed by atoms with Crippen LogP contribution in [0.5, 0.6) is 0 Å². The van der Waals surface area contributed by atoms with Crippen LogP contribution in [0.15, 0.2) is 109 Å². The van der Waals surface area contributed by atoms with Crippen molar-refractivity contribution in [3.63, 3.8) is 0 Å². The van der Waals surface area contributed by atoms with Gasteiger partial charge in [0.1, 0.15) is 6.23 Å². The van der Waals surface area contributed by atoms with Gasteiger partial charge in [-0.05, 0) is 23.3 Å². The zero-order chi connectivity index (χ0) is 26.8. The van der Waals surface area contributed by atoms with Gasteiger partial charge in [-0.25, -0.2) is 0 Å². The number of fused-ring (bicyclic) bond motifs is 1. The lowest BCUT2D eigenvalue weighted by Gasteiger charge is -2.48. The molecule has 7 heteroatoms. The molecule has 0 aliphatic carbocycles. The molecule has 0 spiro atoms. The van der Waals surface area contributed by atoms with Gasteiger partial charge in [0.2, 0.25) is 0 Å². The van der Waals surface area contributed by atoms with Crippen molar-refractivity contribution in [2.45, 2.75) is 24.5 Å². The molecule has 7 nitrogen and oxygen atoms in total. The van der Waals surface area contributed by atoms with Crippen LogP contribution in [0.3, 0.4) is 0 Å². The number of piperazine rings is 1. The van der Waals surface area contributed by atoms with E-state index < -0.39 is 12.5 Å². The Labute approximate surface area is 228 Å². The maximum absolute atomic E-state index is 13.4. The number of nitrogens with zero attached hydrogens (tertiary/aromatic N) is 4. The maximum Gasteiger partial charge on any atom is 0.256 e. The minimum Gasteiger partial charge on any atom is -0.374 e. The van der Waals surface area contributed by atoms with Crippen LogP contribution < -0.4 is 0 Å². The van der Waals surface area contributed by atoms with Crippen LogP contribution in [0.25, 0.3) is 0 Å². The number of benzene rings is 3. The standard InChI is InChI=1S/C32H32N4O3/c37-30(25-14-9-17-33-20-25)34-18-19-35(29(23-10-3-1-4-11-23)24-12-5-2-6-13-24)26(21-34)22-36-31(38)27-15-7-8-16-28(27)32(36)39/h1-17,20,26,29-31,37-38H,18-19,21-22H2. The molecule has 3 unspecified atom stereocenters. The first kappa shape index (κ1) is 25.4. The van der Waals surface area contributed by atoms with Crippen molar-refractivity contribution in [3.8, 4) is 0 Å². The largest absolute Gasteiger partial charge is 0.374 e. The number of aromatic nitrogens is 1. The Morgan fingerprint density at radius 3 is 2.10 bits per heavy atom. The third-order valence-electron chi connectivity index (χ3n) is 7.88. The van der Waals surface area contributed by atoms with E-state index in [1.807, 2.05) is 71.6 Å². The molecule has 4 aromatic rings. The van der Waals surface area contributed by atoms with Gasteiger partial charge < -0.3 is 15.1 Å². The van der Waals surface area contributed by atoms with E-state index in [0.717, 1.165) is 16.7 Å². The number of carbonyl (C=O) groups is 1. The van der Waals surface area contributed by atoms with Crippen LogP contribution in [0.4, 0.5) is 0 Å². The first-order valence-corrected chi connectivity index (χ1v) is 13.4. The average molecular weight is 521 g/mol. The molecule has 0 bridgehead atoms. The molecule has 39 heavy (non-hydrogen) atoms. The zero-order valence-corrected chi connectivity index (χ0v) is 21.6. The molecule has 1 aromatic heterocycles. The fraction of sp³-hybridized carbons (Fsp3) is 0.250. The summed E-state index contributed by atoms with van der Waals surface area (Å²) in [6.45, 7) is 2.14. The second kappa shape index (κ2) is 11.1. The molecule has 2 aliphatic rings. The maximum atomic E-state index is 13.4. The lowest BCUT2D eigenvalue weighted by atomic mass is 9.94. The van der Waals surface area contributed by atoms with Crippen LogP contribution in [0.1, 0.15) is 51.1 Å². The molecule has 1 amide bonds. The Kier molecular flexibility index (Phi) is 7.22. The van der Waals surface area contributed by atoms with Gasteiger partial charge in [0, 0.05) is 61.3 Å². The molecule has 1 saturated heterocycles. The number of carbonyl (C=O) groups excluding carboxylic acids is 1. The van der Waals surface area contributed by atoms with E-state index in [2.05, 4.69) is 34.1 Å². The molecule has 3 atom stereocenters. The number of hydrogen-bond donors (Lipinski definition) is 2. The highest BCUT2D eigenvalue weighted by atomic mass is 16.3. The van der Waals surface area contributed by atoms with Gasteiger partial charge in [0.05, 0.1) is 6.04 Å². The van der Waals surface area contributed by atoms with Gasteiger partial charge in [0.15, 0.2) is 6.23 Å². The van der Waals surface area contributed by atoms with Crippen molar-refractivity contribution in [2.24, 2.45) is 0 Å². The van der Waals surface area contributed by atoms with E-state index in [0.29, 0.717) is 37.3 Å². The van der Waals surface area contributed by atoms with Gasteiger partial charge in [-0.2, -0.15) is 0 Å². The number of aliphatic hydroxyl groups excluding tert-OH is 2. The molecule has 0 saturated carbocycles. The highest BCUT2D eigenvalue weighted by molar-refractivity contribution is 5.98. The molecule has 6 rings (SSSR count). The quantitative estimate of drug-likeness (QED) is 0.384. The third kappa shape index (κ3) is 4.97. The first-order chi connectivity index (χ1) is 19.1. The van der Waals surface area contributed by atoms with E-state index in [4.69, 9.17) is 0 Å². The summed E-state index contributed by atoms with van der Waals surface area (Å²) in [5, 5.41) is 22.4. The molecule has 3 heterocycles. The van der Waals surface area contributed by atoms with Crippen molar-refractivity contribution in [1.82, 2.24) is 19.7 Å². The van der Waals surface area contributed by atoms with Crippen molar-refractivity contribution in [2.75, 3.05) is 26.2 Å². The fourth-order valence-electron chi connectivity index (χ4n) is 5.96. The van der Waals surface area contributed by atoms with Gasteiger partial charge in [0.25, 0.3) is 5.91 Å². The van der Waals surface area contributed by atoms with Crippen molar-refractivity contribution in [3.05, 3.63) is 137 Å². The van der Waals surface area contributed by atoms with Crippen LogP contribution >= 0.6 is 0 Å². The summed E-state index contributed by atoms with van der Waals surface area (Å²) >= 11 is 0. The fourth-order valence-corrected chi connectivity index (χ4v) is 5.96. The van der Waals surface area contributed by atoms with Crippen LogP contribution in [0, 0.1) is 0 Å². The highest BCUT2D eigenvalue weighted by Gasteiger charge is 2.41. The summed E-state index contributed by atoms with van der Waals surface area (Å²) in [5.41, 5.74) is 4.23.